The van der Waals surface area contributed by atoms with Gasteiger partial charge in [0.15, 0.2) is 9.84 Å². The van der Waals surface area contributed by atoms with E-state index in [1.807, 2.05) is 46.4 Å². The summed E-state index contributed by atoms with van der Waals surface area (Å²) >= 11 is 0. The highest BCUT2D eigenvalue weighted by Gasteiger charge is 2.35. The maximum atomic E-state index is 11.2. The molecule has 7 fully saturated rings. The number of carbonyl (C=O) groups is 3. The third-order valence-corrected chi connectivity index (χ3v) is 19.9. The van der Waals surface area contributed by atoms with Crippen molar-refractivity contribution in [3.8, 4) is 0 Å². The summed E-state index contributed by atoms with van der Waals surface area (Å²) in [7, 11) is -2.69. The van der Waals surface area contributed by atoms with Crippen molar-refractivity contribution < 1.29 is 42.6 Å². The lowest BCUT2D eigenvalue weighted by atomic mass is 9.64. The van der Waals surface area contributed by atoms with Gasteiger partial charge in [-0.2, -0.15) is 9.59 Å². The Labute approximate surface area is 501 Å². The van der Waals surface area contributed by atoms with E-state index in [1.54, 1.807) is 13.8 Å². The number of carbonyl (C=O) groups excluding carboxylic acids is 4. The van der Waals surface area contributed by atoms with Crippen LogP contribution in [0.2, 0.25) is 0 Å². The Hall–Kier alpha value is -2.22. The number of amides is 1. The number of hydrogen-bond acceptors (Lipinski definition) is 11. The second-order valence-electron chi connectivity index (χ2n) is 27.7. The summed E-state index contributed by atoms with van der Waals surface area (Å²) in [5.74, 6) is 7.47. The Morgan fingerprint density at radius 2 is 1.21 bits per heavy atom. The molecule has 6 unspecified atom stereocenters. The summed E-state index contributed by atoms with van der Waals surface area (Å²) in [6.45, 7) is 52.9. The minimum atomic E-state index is -2.69. The highest BCUT2D eigenvalue weighted by molar-refractivity contribution is 7.92. The molecule has 7 aliphatic rings. The fourth-order valence-corrected chi connectivity index (χ4v) is 13.3. The molecule has 0 aromatic rings. The highest BCUT2D eigenvalue weighted by atomic mass is 32.2. The predicted molar refractivity (Wildman–Crippen MR) is 343 cm³/mol. The summed E-state index contributed by atoms with van der Waals surface area (Å²) < 4.78 is 22.4. The number of Topliss-reactive ketones (excluding diaryl/α,β-unsaturated/α-hetero) is 1. The molecule has 6 atom stereocenters. The second-order valence-corrected chi connectivity index (χ2v) is 30.1. The number of nitrogens with one attached hydrogen (secondary N) is 2. The molecule has 0 radical (unpaired) electrons. The molecule has 484 valence electrons. The first-order valence-corrected chi connectivity index (χ1v) is 33.8. The zero-order valence-electron chi connectivity index (χ0n) is 56.1. The molecular weight excluding hydrogens is 1040 g/mol. The van der Waals surface area contributed by atoms with Crippen molar-refractivity contribution in [2.75, 3.05) is 38.5 Å². The zero-order chi connectivity index (χ0) is 62.5. The van der Waals surface area contributed by atoms with Crippen molar-refractivity contribution >= 4 is 33.6 Å². The summed E-state index contributed by atoms with van der Waals surface area (Å²) in [5.41, 5.74) is 0.722. The Kier molecular flexibility index (Phi) is 49.4. The first-order chi connectivity index (χ1) is 37.0. The van der Waals surface area contributed by atoms with E-state index >= 15 is 0 Å². The van der Waals surface area contributed by atoms with Crippen LogP contribution in [0.5, 0.6) is 0 Å². The summed E-state index contributed by atoms with van der Waals surface area (Å²) in [5, 5.41) is 24.0. The van der Waals surface area contributed by atoms with Crippen LogP contribution in [-0.4, -0.2) is 126 Å². The minimum absolute atomic E-state index is 0. The zero-order valence-corrected chi connectivity index (χ0v) is 56.9. The molecular formula is C67H136N4O9S. The Morgan fingerprint density at radius 1 is 0.667 bits per heavy atom. The molecule has 0 spiro atoms. The van der Waals surface area contributed by atoms with Gasteiger partial charge in [0.1, 0.15) is 5.78 Å². The monoisotopic (exact) mass is 1170 g/mol. The normalized spacial score (nSPS) is 23.9. The van der Waals surface area contributed by atoms with Crippen LogP contribution in [0.4, 0.5) is 0 Å². The fraction of sp³-hybridized carbons (Fsp3) is 0.940. The van der Waals surface area contributed by atoms with Gasteiger partial charge in [-0.25, -0.2) is 8.42 Å². The number of aliphatic carboxylic acids is 1. The third-order valence-electron chi connectivity index (χ3n) is 17.3. The van der Waals surface area contributed by atoms with E-state index < -0.39 is 15.8 Å². The topological polar surface area (TPSA) is 190 Å². The summed E-state index contributed by atoms with van der Waals surface area (Å²) in [4.78, 5) is 52.0. The average molecular weight is 1170 g/mol. The van der Waals surface area contributed by atoms with Crippen LogP contribution < -0.4 is 10.6 Å². The molecule has 1 amide bonds. The number of aliphatic hydroxyl groups excluding tert-OH is 1. The molecule has 4 N–H and O–H groups in total. The van der Waals surface area contributed by atoms with Gasteiger partial charge in [0.2, 0.25) is 5.91 Å². The number of β-amino-alcohol motifs (C(OH)–C–C–N with tert-alkyl or cyclic N) is 1. The van der Waals surface area contributed by atoms with Gasteiger partial charge in [0, 0.05) is 57.0 Å². The van der Waals surface area contributed by atoms with Gasteiger partial charge in [-0.1, -0.05) is 158 Å². The molecule has 0 aromatic heterocycles. The number of carboxylic acid groups (broad SMARTS) is 1. The maximum Gasteiger partial charge on any atom is 0.373 e. The molecule has 14 heteroatoms. The Balaban J connectivity index is -0.000000410. The molecule has 7 rings (SSSR count). The molecule has 5 aliphatic heterocycles. The predicted octanol–water partition coefficient (Wildman–Crippen LogP) is 14.8. The van der Waals surface area contributed by atoms with Crippen molar-refractivity contribution in [1.82, 2.24) is 20.4 Å². The minimum Gasteiger partial charge on any atom is -0.481 e. The van der Waals surface area contributed by atoms with Crippen LogP contribution in [0.3, 0.4) is 0 Å². The third kappa shape index (κ3) is 41.5. The largest absolute Gasteiger partial charge is 0.481 e. The lowest BCUT2D eigenvalue weighted by Gasteiger charge is -2.42. The number of hydrogen-bond donors (Lipinski definition) is 4. The van der Waals surface area contributed by atoms with Gasteiger partial charge < -0.3 is 35.4 Å². The number of rotatable bonds is 12. The maximum absolute atomic E-state index is 11.2. The van der Waals surface area contributed by atoms with Gasteiger partial charge in [0.25, 0.3) is 0 Å². The van der Waals surface area contributed by atoms with Crippen molar-refractivity contribution in [3.63, 3.8) is 0 Å². The Bertz CT molecular complexity index is 1710. The smallest absolute Gasteiger partial charge is 0.373 e. The molecule has 2 saturated carbocycles. The molecule has 0 aromatic carbocycles. The van der Waals surface area contributed by atoms with E-state index in [0.717, 1.165) is 92.3 Å². The fourth-order valence-electron chi connectivity index (χ4n) is 11.1. The lowest BCUT2D eigenvalue weighted by molar-refractivity contribution is -0.191. The molecule has 81 heavy (non-hydrogen) atoms. The van der Waals surface area contributed by atoms with Gasteiger partial charge in [-0.3, -0.25) is 9.59 Å². The van der Waals surface area contributed by atoms with E-state index in [4.69, 9.17) is 19.8 Å². The van der Waals surface area contributed by atoms with Crippen molar-refractivity contribution in [2.45, 2.75) is 304 Å². The summed E-state index contributed by atoms with van der Waals surface area (Å²) in [6.07, 6.45) is 20.1. The number of nitrogens with zero attached hydrogens (tertiary/aromatic N) is 2. The molecule has 13 nitrogen and oxygen atoms in total. The van der Waals surface area contributed by atoms with Crippen LogP contribution in [0.15, 0.2) is 0 Å². The van der Waals surface area contributed by atoms with Gasteiger partial charge in [0.05, 0.1) is 17.1 Å². The second kappa shape index (κ2) is 47.0. The number of likely N-dealkylation sites (tertiary alicyclic amines) is 2. The van der Waals surface area contributed by atoms with E-state index in [1.165, 1.54) is 90.3 Å². The van der Waals surface area contributed by atoms with E-state index in [0.29, 0.717) is 53.8 Å². The van der Waals surface area contributed by atoms with Gasteiger partial charge in [-0.05, 0) is 176 Å². The van der Waals surface area contributed by atoms with Crippen molar-refractivity contribution in [2.24, 2.45) is 64.6 Å². The average Bonchev–Trinajstić information content (AvgIpc) is 4.17. The van der Waals surface area contributed by atoms with Crippen LogP contribution in [-0.2, 0) is 33.8 Å². The number of carboxylic acids is 1. The lowest BCUT2D eigenvalue weighted by Crippen LogP contribution is -2.36. The molecule has 5 saturated heterocycles. The number of sulfone groups is 1. The van der Waals surface area contributed by atoms with E-state index in [-0.39, 0.29) is 36.6 Å². The van der Waals surface area contributed by atoms with Crippen molar-refractivity contribution in [3.05, 3.63) is 0 Å². The van der Waals surface area contributed by atoms with E-state index in [9.17, 15) is 22.8 Å². The molecule has 5 heterocycles. The number of aliphatic hydroxyl groups is 1. The van der Waals surface area contributed by atoms with Crippen molar-refractivity contribution in [1.29, 1.82) is 0 Å². The SMILES string of the molecule is C.CC(=O)CC(C)C.CC(=O)N1CCCC1C(C)C.CC(C)C1(C)CCC1.CC(C)C1CC(O)CN1.CC(C)C1CCC1.CC(C)C1CCCS1(=O)=O.CC(C)C1NCCC1C.CC(C)CCC(=O)O.CC(C)N1CCCC1.O=C=O. The number of ketones is 1. The molecule has 2 aliphatic carbocycles. The van der Waals surface area contributed by atoms with Crippen LogP contribution in [0.1, 0.15) is 269 Å². The highest BCUT2D eigenvalue weighted by Crippen LogP contribution is 2.46. The van der Waals surface area contributed by atoms with Gasteiger partial charge in [-0.15, -0.1) is 0 Å². The first-order valence-electron chi connectivity index (χ1n) is 32.1. The standard InChI is InChI=1S/C9H17NO.C8H17N.C8H16.C7H15NO.C7H15N.C7H14O2S.C7H14.C6H12O2.C6H12O.CO2.CH4/c1-7(2)9-5-4-6-10(9)8(3)11;1-6(2)8-7(3)4-5-9-8;1-7(2)8(3)5-4-6-8;1-5(2)7-3-6(9)4-8-7;1-7(2)8-5-3-4-6-8;1-6(2)7-4-3-5-10(7,8)9;1-6(2)7-4-3-5-7;1-5(2)3-4-6(7)8;1-5(2)4-6(3)7;2-1-3;/h7,9H,4-6H2,1-3H3;6-9H,4-5H2,1-3H3;7H,4-6H2,1-3H3;5-9H,3-4H2,1-2H3;7H,3-6H2,1-2H3;6-7H,3-5H2,1-2H3;6-7H,3-5H2,1-2H3;5H,3-4H2,1-2H3,(H,7,8);5H,4H2,1-3H3;;1H4. The first kappa shape index (κ1) is 85.2. The Morgan fingerprint density at radius 3 is 1.37 bits per heavy atom. The van der Waals surface area contributed by atoms with E-state index in [2.05, 4.69) is 112 Å². The summed E-state index contributed by atoms with van der Waals surface area (Å²) in [6, 6.07) is 2.61. The molecule has 0 bridgehead atoms. The quantitative estimate of drug-likeness (QED) is 0.145. The van der Waals surface area contributed by atoms with Gasteiger partial charge >= 0.3 is 12.1 Å². The van der Waals surface area contributed by atoms with Crippen LogP contribution in [0, 0.1) is 64.6 Å². The van der Waals surface area contributed by atoms with Crippen LogP contribution in [0.25, 0.3) is 0 Å². The van der Waals surface area contributed by atoms with Crippen LogP contribution >= 0.6 is 0 Å².